The van der Waals surface area contributed by atoms with Crippen molar-refractivity contribution < 1.29 is 9.15 Å². The van der Waals surface area contributed by atoms with Crippen LogP contribution in [0, 0.1) is 0 Å². The summed E-state index contributed by atoms with van der Waals surface area (Å²) in [6.07, 6.45) is 1.78. The first-order valence-corrected chi connectivity index (χ1v) is 6.31. The van der Waals surface area contributed by atoms with Crippen LogP contribution in [0.2, 0.25) is 0 Å². The molecular weight excluding hydrogens is 242 g/mol. The van der Waals surface area contributed by atoms with E-state index in [1.165, 1.54) is 0 Å². The summed E-state index contributed by atoms with van der Waals surface area (Å²) < 4.78 is 11.3. The van der Waals surface area contributed by atoms with Crippen molar-refractivity contribution in [3.63, 3.8) is 0 Å². The fourth-order valence-electron chi connectivity index (χ4n) is 2.47. The van der Waals surface area contributed by atoms with Crippen LogP contribution in [0.25, 0.3) is 22.1 Å². The van der Waals surface area contributed by atoms with Gasteiger partial charge in [-0.05, 0) is 25.0 Å². The van der Waals surface area contributed by atoms with Crippen molar-refractivity contribution in [2.75, 3.05) is 6.61 Å². The van der Waals surface area contributed by atoms with E-state index in [2.05, 4.69) is 4.98 Å². The van der Waals surface area contributed by atoms with Crippen molar-refractivity contribution in [3.05, 3.63) is 46.2 Å². The van der Waals surface area contributed by atoms with Gasteiger partial charge in [0, 0.05) is 6.07 Å². The molecule has 0 radical (unpaired) electrons. The highest BCUT2D eigenvalue weighted by molar-refractivity contribution is 5.88. The molecule has 4 rings (SSSR count). The summed E-state index contributed by atoms with van der Waals surface area (Å²) in [7, 11) is 0. The quantitative estimate of drug-likeness (QED) is 0.578. The van der Waals surface area contributed by atoms with Crippen molar-refractivity contribution >= 4 is 22.1 Å². The van der Waals surface area contributed by atoms with Crippen LogP contribution in [0.3, 0.4) is 0 Å². The van der Waals surface area contributed by atoms with Crippen molar-refractivity contribution in [1.82, 2.24) is 4.98 Å². The highest BCUT2D eigenvalue weighted by Gasteiger charge is 2.16. The number of benzene rings is 1. The summed E-state index contributed by atoms with van der Waals surface area (Å²) in [5, 5.41) is 0.569. The van der Waals surface area contributed by atoms with E-state index < -0.39 is 0 Å². The Morgan fingerprint density at radius 3 is 3.00 bits per heavy atom. The Labute approximate surface area is 108 Å². The second kappa shape index (κ2) is 3.82. The Bertz CT molecular complexity index is 851. The molecule has 2 aromatic heterocycles. The lowest BCUT2D eigenvalue weighted by molar-refractivity contribution is 0.285. The molecule has 0 N–H and O–H groups in total. The van der Waals surface area contributed by atoms with E-state index in [1.807, 2.05) is 12.1 Å². The molecule has 0 bridgehead atoms. The lowest BCUT2D eigenvalue weighted by Crippen LogP contribution is -2.12. The van der Waals surface area contributed by atoms with E-state index in [0.29, 0.717) is 28.7 Å². The Hall–Kier alpha value is -2.36. The van der Waals surface area contributed by atoms with Crippen molar-refractivity contribution in [3.8, 4) is 5.75 Å². The molecule has 0 saturated carbocycles. The Kier molecular flexibility index (Phi) is 2.12. The summed E-state index contributed by atoms with van der Waals surface area (Å²) in [6.45, 7) is 0.692. The van der Waals surface area contributed by atoms with Crippen LogP contribution >= 0.6 is 0 Å². The first kappa shape index (κ1) is 10.6. The molecule has 0 aliphatic carbocycles. The number of pyridine rings is 1. The summed E-state index contributed by atoms with van der Waals surface area (Å²) >= 11 is 0. The van der Waals surface area contributed by atoms with Gasteiger partial charge in [0.1, 0.15) is 11.3 Å². The van der Waals surface area contributed by atoms with Crippen LogP contribution in [-0.2, 0) is 6.42 Å². The van der Waals surface area contributed by atoms with Crippen LogP contribution in [0.5, 0.6) is 5.75 Å². The molecule has 1 aliphatic heterocycles. The molecule has 94 valence electrons. The molecular formula is C15H11NO3. The minimum Gasteiger partial charge on any atom is -0.492 e. The van der Waals surface area contributed by atoms with Gasteiger partial charge in [0.15, 0.2) is 11.1 Å². The maximum atomic E-state index is 12.4. The Balaban J connectivity index is 2.15. The molecule has 0 spiro atoms. The number of ether oxygens (including phenoxy) is 1. The maximum Gasteiger partial charge on any atom is 0.218 e. The summed E-state index contributed by atoms with van der Waals surface area (Å²) in [5.74, 6) is 0.734. The molecule has 0 saturated heterocycles. The zero-order chi connectivity index (χ0) is 12.8. The fourth-order valence-corrected chi connectivity index (χ4v) is 2.47. The summed E-state index contributed by atoms with van der Waals surface area (Å²) in [6, 6.07) is 9.01. The number of nitrogens with zero attached hydrogens (tertiary/aromatic N) is 1. The van der Waals surface area contributed by atoms with Crippen LogP contribution in [0.15, 0.2) is 39.5 Å². The van der Waals surface area contributed by atoms with Crippen LogP contribution in [0.1, 0.15) is 12.1 Å². The number of para-hydroxylation sites is 1. The van der Waals surface area contributed by atoms with Gasteiger partial charge in [-0.25, -0.2) is 4.98 Å². The molecule has 3 aromatic rings. The third kappa shape index (κ3) is 1.53. The predicted molar refractivity (Wildman–Crippen MR) is 71.6 cm³/mol. The van der Waals surface area contributed by atoms with Gasteiger partial charge in [-0.3, -0.25) is 4.79 Å². The molecule has 4 nitrogen and oxygen atoms in total. The lowest BCUT2D eigenvalue weighted by atomic mass is 10.1. The van der Waals surface area contributed by atoms with Crippen LogP contribution in [0.4, 0.5) is 0 Å². The number of hydrogen-bond donors (Lipinski definition) is 0. The zero-order valence-corrected chi connectivity index (χ0v) is 10.2. The van der Waals surface area contributed by atoms with Gasteiger partial charge in [0.2, 0.25) is 5.43 Å². The van der Waals surface area contributed by atoms with E-state index in [9.17, 15) is 4.79 Å². The van der Waals surface area contributed by atoms with Gasteiger partial charge in [-0.1, -0.05) is 12.1 Å². The molecule has 19 heavy (non-hydrogen) atoms. The number of aromatic nitrogens is 1. The van der Waals surface area contributed by atoms with E-state index in [4.69, 9.17) is 9.15 Å². The fraction of sp³-hybridized carbons (Fsp3) is 0.200. The monoisotopic (exact) mass is 253 g/mol. The first-order valence-electron chi connectivity index (χ1n) is 6.31. The average Bonchev–Trinajstić information content (AvgIpc) is 2.46. The van der Waals surface area contributed by atoms with E-state index >= 15 is 0 Å². The molecule has 0 amide bonds. The molecule has 4 heteroatoms. The normalized spacial score (nSPS) is 14.3. The van der Waals surface area contributed by atoms with Crippen molar-refractivity contribution in [1.29, 1.82) is 0 Å². The molecule has 0 unspecified atom stereocenters. The molecule has 3 heterocycles. The number of fused-ring (bicyclic) bond motifs is 3. The zero-order valence-electron chi connectivity index (χ0n) is 10.2. The third-order valence-corrected chi connectivity index (χ3v) is 3.41. The second-order valence-electron chi connectivity index (χ2n) is 4.66. The Morgan fingerprint density at radius 1 is 1.16 bits per heavy atom. The van der Waals surface area contributed by atoms with Crippen LogP contribution < -0.4 is 10.2 Å². The van der Waals surface area contributed by atoms with Gasteiger partial charge in [0.25, 0.3) is 0 Å². The van der Waals surface area contributed by atoms with Crippen molar-refractivity contribution in [2.45, 2.75) is 12.8 Å². The second-order valence-corrected chi connectivity index (χ2v) is 4.66. The average molecular weight is 253 g/mol. The molecule has 1 aliphatic rings. The molecule has 0 fully saturated rings. The number of aryl methyl sites for hydroxylation is 1. The molecule has 0 atom stereocenters. The van der Waals surface area contributed by atoms with Gasteiger partial charge in [-0.15, -0.1) is 0 Å². The first-order chi connectivity index (χ1) is 9.33. The lowest BCUT2D eigenvalue weighted by Gasteiger charge is -2.16. The van der Waals surface area contributed by atoms with Gasteiger partial charge in [0.05, 0.1) is 17.7 Å². The number of rotatable bonds is 0. The van der Waals surface area contributed by atoms with E-state index in [1.54, 1.807) is 18.2 Å². The van der Waals surface area contributed by atoms with Gasteiger partial charge >= 0.3 is 0 Å². The number of hydrogen-bond acceptors (Lipinski definition) is 4. The highest BCUT2D eigenvalue weighted by Crippen LogP contribution is 2.27. The van der Waals surface area contributed by atoms with Gasteiger partial charge < -0.3 is 9.15 Å². The largest absolute Gasteiger partial charge is 0.492 e. The predicted octanol–water partition coefficient (Wildman–Crippen LogP) is 2.67. The van der Waals surface area contributed by atoms with Crippen LogP contribution in [-0.4, -0.2) is 11.6 Å². The third-order valence-electron chi connectivity index (χ3n) is 3.41. The standard InChI is InChI=1S/C15H11NO3/c17-15-9-4-1-2-6-11(9)19-13-8-12-10(16-14(13)15)5-3-7-18-12/h1-2,4,6,8H,3,5,7H2. The minimum atomic E-state index is -0.0785. The summed E-state index contributed by atoms with van der Waals surface area (Å²) in [5.41, 5.74) is 2.23. The maximum absolute atomic E-state index is 12.4. The summed E-state index contributed by atoms with van der Waals surface area (Å²) in [4.78, 5) is 16.8. The van der Waals surface area contributed by atoms with E-state index in [0.717, 1.165) is 24.3 Å². The SMILES string of the molecule is O=c1c2ccccc2oc2cc3c(nc12)CCCO3. The Morgan fingerprint density at radius 2 is 2.05 bits per heavy atom. The highest BCUT2D eigenvalue weighted by atomic mass is 16.5. The topological polar surface area (TPSA) is 52.3 Å². The van der Waals surface area contributed by atoms with E-state index in [-0.39, 0.29) is 5.43 Å². The minimum absolute atomic E-state index is 0.0785. The van der Waals surface area contributed by atoms with Crippen molar-refractivity contribution in [2.24, 2.45) is 0 Å². The van der Waals surface area contributed by atoms with Gasteiger partial charge in [-0.2, -0.15) is 0 Å². The molecule has 1 aromatic carbocycles. The smallest absolute Gasteiger partial charge is 0.218 e.